The highest BCUT2D eigenvalue weighted by Crippen LogP contribution is 2.16. The quantitative estimate of drug-likeness (QED) is 0.758. The van der Waals surface area contributed by atoms with Gasteiger partial charge in [0, 0.05) is 0 Å². The number of hydrogen-bond donors (Lipinski definition) is 3. The summed E-state index contributed by atoms with van der Waals surface area (Å²) in [6.07, 6.45) is 0. The number of carboxylic acids is 1. The zero-order valence-electron chi connectivity index (χ0n) is 10.7. The number of carbonyl (C=O) groups excluding carboxylic acids is 1. The molecule has 0 saturated carbocycles. The number of pyridine rings is 1. The summed E-state index contributed by atoms with van der Waals surface area (Å²) in [5.74, 6) is -0.395. The molecule has 7 nitrogen and oxygen atoms in total. The van der Waals surface area contributed by atoms with Crippen molar-refractivity contribution in [2.24, 2.45) is 5.73 Å². The Balaban J connectivity index is 2.09. The molecule has 0 aliphatic carbocycles. The number of amides is 1. The van der Waals surface area contributed by atoms with Crippen LogP contribution in [0.3, 0.4) is 0 Å². The fourth-order valence-electron chi connectivity index (χ4n) is 1.69. The minimum atomic E-state index is -1.04. The molecule has 2 aromatic rings. The lowest BCUT2D eigenvalue weighted by Crippen LogP contribution is -2.13. The highest BCUT2D eigenvalue weighted by atomic mass is 16.4. The van der Waals surface area contributed by atoms with Gasteiger partial charge in [-0.05, 0) is 25.1 Å². The van der Waals surface area contributed by atoms with Gasteiger partial charge in [0.25, 0.3) is 5.91 Å². The van der Waals surface area contributed by atoms with Crippen LogP contribution in [0.2, 0.25) is 0 Å². The number of hydrogen-bond acceptors (Lipinski definition) is 5. The van der Waals surface area contributed by atoms with E-state index in [1.54, 1.807) is 19.1 Å². The van der Waals surface area contributed by atoms with E-state index < -0.39 is 11.9 Å². The molecule has 0 bridgehead atoms. The van der Waals surface area contributed by atoms with E-state index in [0.29, 0.717) is 17.3 Å². The first-order valence-corrected chi connectivity index (χ1v) is 5.80. The second-order valence-corrected chi connectivity index (χ2v) is 4.11. The number of aromatic nitrogens is 1. The number of furan rings is 1. The van der Waals surface area contributed by atoms with Crippen LogP contribution in [0.5, 0.6) is 0 Å². The van der Waals surface area contributed by atoms with Crippen molar-refractivity contribution in [3.8, 4) is 0 Å². The lowest BCUT2D eigenvalue weighted by molar-refractivity contribution is 0.0694. The number of anilines is 1. The fraction of sp³-hybridized carbons (Fsp3) is 0.154. The number of nitrogens with one attached hydrogen (secondary N) is 1. The molecule has 0 aromatic carbocycles. The van der Waals surface area contributed by atoms with Crippen LogP contribution in [0.25, 0.3) is 0 Å². The minimum Gasteiger partial charge on any atom is -0.478 e. The van der Waals surface area contributed by atoms with Gasteiger partial charge in [0.1, 0.15) is 28.6 Å². The van der Waals surface area contributed by atoms with Crippen molar-refractivity contribution in [3.05, 3.63) is 47.0 Å². The number of nitrogens with two attached hydrogens (primary N) is 1. The molecule has 2 rings (SSSR count). The van der Waals surface area contributed by atoms with Gasteiger partial charge in [-0.15, -0.1) is 0 Å². The van der Waals surface area contributed by atoms with E-state index in [0.717, 1.165) is 0 Å². The van der Waals surface area contributed by atoms with Crippen molar-refractivity contribution in [2.45, 2.75) is 13.5 Å². The van der Waals surface area contributed by atoms with Gasteiger partial charge in [0.15, 0.2) is 0 Å². The molecule has 0 unspecified atom stereocenters. The third-order valence-corrected chi connectivity index (χ3v) is 2.64. The molecule has 0 aliphatic heterocycles. The highest BCUT2D eigenvalue weighted by molar-refractivity contribution is 5.91. The van der Waals surface area contributed by atoms with Gasteiger partial charge in [-0.1, -0.05) is 6.07 Å². The number of aryl methyl sites for hydroxylation is 1. The minimum absolute atomic E-state index is 0.126. The third kappa shape index (κ3) is 2.94. The maximum atomic E-state index is 11.0. The van der Waals surface area contributed by atoms with Crippen LogP contribution in [-0.4, -0.2) is 22.0 Å². The van der Waals surface area contributed by atoms with Crippen molar-refractivity contribution in [1.29, 1.82) is 0 Å². The predicted octanol–water partition coefficient (Wildman–Crippen LogP) is 1.39. The topological polar surface area (TPSA) is 118 Å². The summed E-state index contributed by atoms with van der Waals surface area (Å²) in [5.41, 5.74) is 5.41. The standard InChI is InChI=1S/C13H13N3O4/c1-7-9(13(18)19)5-8(20-7)6-15-11-4-2-3-10(16-11)12(14)17/h2-5H,6H2,1H3,(H2,14,17)(H,15,16)(H,18,19). The Labute approximate surface area is 114 Å². The van der Waals surface area contributed by atoms with E-state index in [9.17, 15) is 9.59 Å². The van der Waals surface area contributed by atoms with Crippen molar-refractivity contribution in [1.82, 2.24) is 4.98 Å². The van der Waals surface area contributed by atoms with Crippen LogP contribution in [0.4, 0.5) is 5.82 Å². The van der Waals surface area contributed by atoms with Gasteiger partial charge in [0.05, 0.1) is 6.54 Å². The molecule has 0 atom stereocenters. The molecule has 4 N–H and O–H groups in total. The molecule has 0 saturated heterocycles. The molecule has 0 aliphatic rings. The van der Waals surface area contributed by atoms with E-state index in [1.807, 2.05) is 0 Å². The molecular weight excluding hydrogens is 262 g/mol. The molecule has 0 radical (unpaired) electrons. The first-order valence-electron chi connectivity index (χ1n) is 5.80. The Morgan fingerprint density at radius 1 is 1.45 bits per heavy atom. The molecule has 0 spiro atoms. The number of primary amides is 1. The van der Waals surface area contributed by atoms with E-state index in [4.69, 9.17) is 15.3 Å². The molecule has 20 heavy (non-hydrogen) atoms. The van der Waals surface area contributed by atoms with E-state index in [1.165, 1.54) is 12.1 Å². The van der Waals surface area contributed by atoms with Gasteiger partial charge < -0.3 is 20.6 Å². The monoisotopic (exact) mass is 275 g/mol. The summed E-state index contributed by atoms with van der Waals surface area (Å²) in [4.78, 5) is 25.9. The van der Waals surface area contributed by atoms with Crippen molar-refractivity contribution >= 4 is 17.7 Å². The van der Waals surface area contributed by atoms with E-state index in [2.05, 4.69) is 10.3 Å². The van der Waals surface area contributed by atoms with Gasteiger partial charge in [0.2, 0.25) is 0 Å². The molecule has 2 aromatic heterocycles. The summed E-state index contributed by atoms with van der Waals surface area (Å²) in [6.45, 7) is 1.84. The van der Waals surface area contributed by atoms with Crippen LogP contribution in [0.1, 0.15) is 32.4 Å². The van der Waals surface area contributed by atoms with Crippen molar-refractivity contribution in [2.75, 3.05) is 5.32 Å². The van der Waals surface area contributed by atoms with E-state index >= 15 is 0 Å². The molecule has 2 heterocycles. The van der Waals surface area contributed by atoms with Gasteiger partial charge in [-0.25, -0.2) is 9.78 Å². The predicted molar refractivity (Wildman–Crippen MR) is 70.5 cm³/mol. The van der Waals surface area contributed by atoms with Crippen LogP contribution < -0.4 is 11.1 Å². The van der Waals surface area contributed by atoms with Crippen LogP contribution in [0, 0.1) is 6.92 Å². The van der Waals surface area contributed by atoms with Gasteiger partial charge in [-0.2, -0.15) is 0 Å². The summed E-state index contributed by atoms with van der Waals surface area (Å²) in [5, 5.41) is 11.8. The van der Waals surface area contributed by atoms with Crippen LogP contribution in [0.15, 0.2) is 28.7 Å². The third-order valence-electron chi connectivity index (χ3n) is 2.64. The number of aromatic carboxylic acids is 1. The normalized spacial score (nSPS) is 10.2. The average molecular weight is 275 g/mol. The Hall–Kier alpha value is -2.83. The zero-order valence-corrected chi connectivity index (χ0v) is 10.7. The summed E-state index contributed by atoms with van der Waals surface area (Å²) in [7, 11) is 0. The number of carbonyl (C=O) groups is 2. The first-order chi connectivity index (χ1) is 9.47. The maximum Gasteiger partial charge on any atom is 0.339 e. The molecular formula is C13H13N3O4. The van der Waals surface area contributed by atoms with Gasteiger partial charge in [-0.3, -0.25) is 4.79 Å². The fourth-order valence-corrected chi connectivity index (χ4v) is 1.69. The Morgan fingerprint density at radius 2 is 2.20 bits per heavy atom. The second kappa shape index (κ2) is 5.43. The molecule has 7 heteroatoms. The number of carboxylic acid groups (broad SMARTS) is 1. The first kappa shape index (κ1) is 13.6. The summed E-state index contributed by atoms with van der Waals surface area (Å²) >= 11 is 0. The molecule has 104 valence electrons. The number of nitrogens with zero attached hydrogens (tertiary/aromatic N) is 1. The second-order valence-electron chi connectivity index (χ2n) is 4.11. The lowest BCUT2D eigenvalue weighted by atomic mass is 10.2. The molecule has 0 fully saturated rings. The van der Waals surface area contributed by atoms with E-state index in [-0.39, 0.29) is 17.8 Å². The Bertz CT molecular complexity index is 663. The van der Waals surface area contributed by atoms with Crippen LogP contribution >= 0.6 is 0 Å². The SMILES string of the molecule is Cc1oc(CNc2cccc(C(N)=O)n2)cc1C(=O)O. The summed E-state index contributed by atoms with van der Waals surface area (Å²) in [6, 6.07) is 6.27. The molecule has 1 amide bonds. The van der Waals surface area contributed by atoms with Crippen LogP contribution in [-0.2, 0) is 6.54 Å². The maximum absolute atomic E-state index is 11.0. The zero-order chi connectivity index (χ0) is 14.7. The highest BCUT2D eigenvalue weighted by Gasteiger charge is 2.13. The van der Waals surface area contributed by atoms with Crippen molar-refractivity contribution < 1.29 is 19.1 Å². The lowest BCUT2D eigenvalue weighted by Gasteiger charge is -2.04. The smallest absolute Gasteiger partial charge is 0.339 e. The van der Waals surface area contributed by atoms with Crippen molar-refractivity contribution in [3.63, 3.8) is 0 Å². The average Bonchev–Trinajstić information content (AvgIpc) is 2.78. The number of rotatable bonds is 5. The Morgan fingerprint density at radius 3 is 2.80 bits per heavy atom. The van der Waals surface area contributed by atoms with Gasteiger partial charge >= 0.3 is 5.97 Å². The summed E-state index contributed by atoms with van der Waals surface area (Å²) < 4.78 is 5.31. The largest absolute Gasteiger partial charge is 0.478 e. The Kier molecular flexibility index (Phi) is 3.69.